The average molecular weight is 376 g/mol. The standard InChI is InChI=1S/C22H29NO2.ClH/c1-5-21(24)25-22(18(2)17-23(3)4,20-14-10-7-11-15-20)16-19-12-8-6-9-13-19;/h6-15,18H,5,16-17H2,1-4H3;1H/t18-,22+;/m0./s1. The van der Waals surface area contributed by atoms with Crippen LogP contribution in [-0.4, -0.2) is 31.5 Å². The molecule has 26 heavy (non-hydrogen) atoms. The third-order valence-electron chi connectivity index (χ3n) is 4.59. The molecule has 0 spiro atoms. The first-order valence-corrected chi connectivity index (χ1v) is 8.94. The molecule has 0 heterocycles. The second-order valence-electron chi connectivity index (χ2n) is 6.91. The van der Waals surface area contributed by atoms with Crippen molar-refractivity contribution < 1.29 is 9.53 Å². The molecule has 4 heteroatoms. The smallest absolute Gasteiger partial charge is 0.306 e. The van der Waals surface area contributed by atoms with Crippen LogP contribution in [0.5, 0.6) is 0 Å². The van der Waals surface area contributed by atoms with Gasteiger partial charge in [-0.2, -0.15) is 0 Å². The summed E-state index contributed by atoms with van der Waals surface area (Å²) in [5, 5.41) is 0. The van der Waals surface area contributed by atoms with E-state index in [0.29, 0.717) is 12.8 Å². The summed E-state index contributed by atoms with van der Waals surface area (Å²) in [5.74, 6) is -0.0222. The fourth-order valence-corrected chi connectivity index (χ4v) is 3.35. The molecule has 0 saturated heterocycles. The lowest BCUT2D eigenvalue weighted by atomic mass is 9.77. The Kier molecular flexibility index (Phi) is 8.83. The number of esters is 1. The van der Waals surface area contributed by atoms with Gasteiger partial charge >= 0.3 is 5.97 Å². The first-order chi connectivity index (χ1) is 12.0. The lowest BCUT2D eigenvalue weighted by molar-refractivity contribution is -0.168. The number of carbonyl (C=O) groups excluding carboxylic acids is 1. The van der Waals surface area contributed by atoms with Gasteiger partial charge in [-0.1, -0.05) is 74.5 Å². The Bertz CT molecular complexity index is 660. The van der Waals surface area contributed by atoms with E-state index in [1.807, 2.05) is 43.3 Å². The first kappa shape index (κ1) is 22.2. The van der Waals surface area contributed by atoms with Gasteiger partial charge in [0.2, 0.25) is 0 Å². The van der Waals surface area contributed by atoms with E-state index < -0.39 is 5.60 Å². The van der Waals surface area contributed by atoms with E-state index in [1.54, 1.807) is 0 Å². The third kappa shape index (κ3) is 5.58. The van der Waals surface area contributed by atoms with Gasteiger partial charge in [-0.15, -0.1) is 12.4 Å². The summed E-state index contributed by atoms with van der Waals surface area (Å²) in [4.78, 5) is 14.5. The molecular formula is C22H30ClNO2. The molecule has 0 N–H and O–H groups in total. The molecule has 2 aromatic rings. The van der Waals surface area contributed by atoms with Gasteiger partial charge in [0.05, 0.1) is 0 Å². The Balaban J connectivity index is 0.00000338. The highest BCUT2D eigenvalue weighted by molar-refractivity contribution is 5.85. The molecular weight excluding hydrogens is 346 g/mol. The highest BCUT2D eigenvalue weighted by atomic mass is 35.5. The van der Waals surface area contributed by atoms with E-state index >= 15 is 0 Å². The van der Waals surface area contributed by atoms with Crippen molar-refractivity contribution in [3.05, 3.63) is 71.8 Å². The van der Waals surface area contributed by atoms with Gasteiger partial charge in [-0.05, 0) is 25.2 Å². The predicted octanol–water partition coefficient (Wildman–Crippen LogP) is 4.70. The zero-order chi connectivity index (χ0) is 18.3. The van der Waals surface area contributed by atoms with Crippen LogP contribution in [0.25, 0.3) is 0 Å². The second-order valence-corrected chi connectivity index (χ2v) is 6.91. The number of ether oxygens (including phenoxy) is 1. The van der Waals surface area contributed by atoms with Gasteiger partial charge in [-0.25, -0.2) is 0 Å². The Morgan fingerprint density at radius 2 is 1.58 bits per heavy atom. The van der Waals surface area contributed by atoms with Crippen molar-refractivity contribution >= 4 is 18.4 Å². The number of benzene rings is 2. The molecule has 0 aromatic heterocycles. The lowest BCUT2D eigenvalue weighted by Crippen LogP contribution is -2.44. The monoisotopic (exact) mass is 375 g/mol. The SMILES string of the molecule is CCC(=O)O[C@@](Cc1ccccc1)(c1ccccc1)[C@@H](C)CN(C)C.Cl. The van der Waals surface area contributed by atoms with Crippen molar-refractivity contribution in [1.82, 2.24) is 4.90 Å². The quantitative estimate of drug-likeness (QED) is 0.626. The molecule has 0 aliphatic heterocycles. The molecule has 0 amide bonds. The van der Waals surface area contributed by atoms with Crippen LogP contribution in [0, 0.1) is 5.92 Å². The van der Waals surface area contributed by atoms with E-state index in [1.165, 1.54) is 5.56 Å². The van der Waals surface area contributed by atoms with Crippen LogP contribution < -0.4 is 0 Å². The van der Waals surface area contributed by atoms with E-state index in [4.69, 9.17) is 4.74 Å². The van der Waals surface area contributed by atoms with Crippen LogP contribution in [0.1, 0.15) is 31.4 Å². The minimum absolute atomic E-state index is 0. The average Bonchev–Trinajstić information content (AvgIpc) is 2.62. The molecule has 2 atom stereocenters. The highest BCUT2D eigenvalue weighted by Gasteiger charge is 2.42. The number of hydrogen-bond acceptors (Lipinski definition) is 3. The molecule has 0 aliphatic rings. The van der Waals surface area contributed by atoms with Gasteiger partial charge in [0, 0.05) is 25.3 Å². The fraction of sp³-hybridized carbons (Fsp3) is 0.409. The first-order valence-electron chi connectivity index (χ1n) is 8.94. The molecule has 0 saturated carbocycles. The zero-order valence-corrected chi connectivity index (χ0v) is 17.0. The van der Waals surface area contributed by atoms with E-state index in [-0.39, 0.29) is 24.3 Å². The van der Waals surface area contributed by atoms with Gasteiger partial charge in [-0.3, -0.25) is 4.79 Å². The second kappa shape index (κ2) is 10.3. The molecule has 2 rings (SSSR count). The molecule has 3 nitrogen and oxygen atoms in total. The van der Waals surface area contributed by atoms with Crippen molar-refractivity contribution in [2.45, 2.75) is 32.3 Å². The van der Waals surface area contributed by atoms with Crippen LogP contribution >= 0.6 is 12.4 Å². The summed E-state index contributed by atoms with van der Waals surface area (Å²) in [6.45, 7) is 4.84. The summed E-state index contributed by atoms with van der Waals surface area (Å²) >= 11 is 0. The Hall–Kier alpha value is -1.84. The van der Waals surface area contributed by atoms with Crippen molar-refractivity contribution in [3.8, 4) is 0 Å². The molecule has 2 aromatic carbocycles. The minimum Gasteiger partial charge on any atom is -0.453 e. The van der Waals surface area contributed by atoms with Crippen LogP contribution in [-0.2, 0) is 21.6 Å². The molecule has 0 unspecified atom stereocenters. The molecule has 0 bridgehead atoms. The third-order valence-corrected chi connectivity index (χ3v) is 4.59. The van der Waals surface area contributed by atoms with Gasteiger partial charge in [0.25, 0.3) is 0 Å². The van der Waals surface area contributed by atoms with Gasteiger partial charge < -0.3 is 9.64 Å². The van der Waals surface area contributed by atoms with E-state index in [9.17, 15) is 4.79 Å². The Morgan fingerprint density at radius 1 is 1.04 bits per heavy atom. The Labute approximate surface area is 163 Å². The van der Waals surface area contributed by atoms with Crippen LogP contribution in [0.2, 0.25) is 0 Å². The van der Waals surface area contributed by atoms with Gasteiger partial charge in [0.15, 0.2) is 0 Å². The van der Waals surface area contributed by atoms with Gasteiger partial charge in [0.1, 0.15) is 5.60 Å². The van der Waals surface area contributed by atoms with E-state index in [2.05, 4.69) is 50.2 Å². The van der Waals surface area contributed by atoms with Crippen molar-refractivity contribution in [2.24, 2.45) is 5.92 Å². The topological polar surface area (TPSA) is 29.5 Å². The van der Waals surface area contributed by atoms with Crippen LogP contribution in [0.4, 0.5) is 0 Å². The maximum atomic E-state index is 12.3. The summed E-state index contributed by atoms with van der Waals surface area (Å²) in [7, 11) is 4.10. The number of halogens is 1. The maximum absolute atomic E-state index is 12.3. The summed E-state index contributed by atoms with van der Waals surface area (Å²) in [6.07, 6.45) is 1.04. The lowest BCUT2D eigenvalue weighted by Gasteiger charge is -2.40. The van der Waals surface area contributed by atoms with Crippen molar-refractivity contribution in [2.75, 3.05) is 20.6 Å². The summed E-state index contributed by atoms with van der Waals surface area (Å²) < 4.78 is 6.17. The van der Waals surface area contributed by atoms with E-state index in [0.717, 1.165) is 12.1 Å². The largest absolute Gasteiger partial charge is 0.453 e. The number of rotatable bonds is 8. The van der Waals surface area contributed by atoms with Crippen molar-refractivity contribution in [1.29, 1.82) is 0 Å². The molecule has 0 radical (unpaired) electrons. The zero-order valence-electron chi connectivity index (χ0n) is 16.1. The normalized spacial score (nSPS) is 14.2. The summed E-state index contributed by atoms with van der Waals surface area (Å²) in [6, 6.07) is 20.4. The van der Waals surface area contributed by atoms with Crippen LogP contribution in [0.3, 0.4) is 0 Å². The number of carbonyl (C=O) groups is 1. The fourth-order valence-electron chi connectivity index (χ4n) is 3.35. The molecule has 0 aliphatic carbocycles. The molecule has 0 fully saturated rings. The molecule has 142 valence electrons. The highest BCUT2D eigenvalue weighted by Crippen LogP contribution is 2.38. The minimum atomic E-state index is -0.681. The Morgan fingerprint density at radius 3 is 2.08 bits per heavy atom. The number of hydrogen-bond donors (Lipinski definition) is 0. The summed E-state index contributed by atoms with van der Waals surface area (Å²) in [5.41, 5.74) is 1.54. The maximum Gasteiger partial charge on any atom is 0.306 e. The number of nitrogens with zero attached hydrogens (tertiary/aromatic N) is 1. The predicted molar refractivity (Wildman–Crippen MR) is 110 cm³/mol. The van der Waals surface area contributed by atoms with Crippen molar-refractivity contribution in [3.63, 3.8) is 0 Å². The van der Waals surface area contributed by atoms with Crippen LogP contribution in [0.15, 0.2) is 60.7 Å².